The summed E-state index contributed by atoms with van der Waals surface area (Å²) >= 11 is 3.31. The van der Waals surface area contributed by atoms with Gasteiger partial charge in [-0.15, -0.1) is 0 Å². The van der Waals surface area contributed by atoms with E-state index in [9.17, 15) is 4.39 Å². The van der Waals surface area contributed by atoms with Crippen LogP contribution in [0.15, 0.2) is 27.7 Å². The molecule has 4 heteroatoms. The molecule has 0 radical (unpaired) electrons. The molecule has 0 aromatic heterocycles. The second-order valence-electron chi connectivity index (χ2n) is 3.65. The number of halogens is 2. The lowest BCUT2D eigenvalue weighted by Gasteiger charge is -2.11. The summed E-state index contributed by atoms with van der Waals surface area (Å²) in [7, 11) is 2.03. The van der Waals surface area contributed by atoms with E-state index in [4.69, 9.17) is 0 Å². The highest BCUT2D eigenvalue weighted by Gasteiger charge is 2.14. The van der Waals surface area contributed by atoms with Crippen LogP contribution in [-0.4, -0.2) is 24.3 Å². The molecule has 0 aliphatic carbocycles. The SMILES string of the molecule is CN1CCCC1=Nc1ccc(F)cc1Br. The van der Waals surface area contributed by atoms with Gasteiger partial charge in [0.25, 0.3) is 0 Å². The van der Waals surface area contributed by atoms with E-state index in [0.29, 0.717) is 4.47 Å². The monoisotopic (exact) mass is 270 g/mol. The fourth-order valence-corrected chi connectivity index (χ4v) is 2.09. The predicted octanol–water partition coefficient (Wildman–Crippen LogP) is 3.34. The quantitative estimate of drug-likeness (QED) is 0.764. The van der Waals surface area contributed by atoms with E-state index >= 15 is 0 Å². The van der Waals surface area contributed by atoms with E-state index in [-0.39, 0.29) is 5.82 Å². The van der Waals surface area contributed by atoms with E-state index in [1.807, 2.05) is 7.05 Å². The average molecular weight is 271 g/mol. The van der Waals surface area contributed by atoms with Gasteiger partial charge >= 0.3 is 0 Å². The van der Waals surface area contributed by atoms with Crippen molar-refractivity contribution in [2.75, 3.05) is 13.6 Å². The van der Waals surface area contributed by atoms with Gasteiger partial charge in [0.1, 0.15) is 11.7 Å². The van der Waals surface area contributed by atoms with E-state index in [1.165, 1.54) is 12.1 Å². The third-order valence-corrected chi connectivity index (χ3v) is 3.13. The first-order valence-electron chi connectivity index (χ1n) is 4.90. The Morgan fingerprint density at radius 3 is 2.87 bits per heavy atom. The van der Waals surface area contributed by atoms with Crippen molar-refractivity contribution in [1.82, 2.24) is 4.90 Å². The maximum Gasteiger partial charge on any atom is 0.124 e. The van der Waals surface area contributed by atoms with Gasteiger partial charge in [0.15, 0.2) is 0 Å². The van der Waals surface area contributed by atoms with Crippen LogP contribution in [0.1, 0.15) is 12.8 Å². The molecule has 1 saturated heterocycles. The van der Waals surface area contributed by atoms with Gasteiger partial charge in [0, 0.05) is 24.5 Å². The van der Waals surface area contributed by atoms with Gasteiger partial charge in [-0.3, -0.25) is 0 Å². The highest BCUT2D eigenvalue weighted by Crippen LogP contribution is 2.27. The maximum atomic E-state index is 12.8. The molecule has 0 bridgehead atoms. The van der Waals surface area contributed by atoms with Crippen LogP contribution in [0.25, 0.3) is 0 Å². The molecule has 0 spiro atoms. The zero-order valence-corrected chi connectivity index (χ0v) is 10.1. The third kappa shape index (κ3) is 2.37. The van der Waals surface area contributed by atoms with Crippen LogP contribution in [0, 0.1) is 5.82 Å². The molecule has 80 valence electrons. The second-order valence-corrected chi connectivity index (χ2v) is 4.50. The van der Waals surface area contributed by atoms with Crippen LogP contribution < -0.4 is 0 Å². The number of nitrogens with zero attached hydrogens (tertiary/aromatic N) is 2. The minimum absolute atomic E-state index is 0.245. The van der Waals surface area contributed by atoms with Crippen molar-refractivity contribution in [3.63, 3.8) is 0 Å². The van der Waals surface area contributed by atoms with Gasteiger partial charge in [-0.05, 0) is 40.5 Å². The van der Waals surface area contributed by atoms with Gasteiger partial charge in [0.2, 0.25) is 0 Å². The largest absolute Gasteiger partial charge is 0.363 e. The van der Waals surface area contributed by atoms with Crippen LogP contribution in [0.4, 0.5) is 10.1 Å². The molecule has 0 saturated carbocycles. The Kier molecular flexibility index (Phi) is 3.05. The number of benzene rings is 1. The van der Waals surface area contributed by atoms with Crippen molar-refractivity contribution >= 4 is 27.5 Å². The van der Waals surface area contributed by atoms with E-state index in [0.717, 1.165) is 30.9 Å². The lowest BCUT2D eigenvalue weighted by molar-refractivity contribution is 0.550. The van der Waals surface area contributed by atoms with Gasteiger partial charge < -0.3 is 4.90 Å². The summed E-state index contributed by atoms with van der Waals surface area (Å²) in [4.78, 5) is 6.64. The first kappa shape index (κ1) is 10.6. The molecule has 1 fully saturated rings. The zero-order chi connectivity index (χ0) is 10.8. The van der Waals surface area contributed by atoms with Gasteiger partial charge in [-0.25, -0.2) is 9.38 Å². The molecule has 1 aliphatic heterocycles. The van der Waals surface area contributed by atoms with Crippen LogP contribution in [0.2, 0.25) is 0 Å². The maximum absolute atomic E-state index is 12.8. The fraction of sp³-hybridized carbons (Fsp3) is 0.364. The van der Waals surface area contributed by atoms with Crippen molar-refractivity contribution in [2.24, 2.45) is 4.99 Å². The standard InChI is InChI=1S/C11H12BrFN2/c1-15-6-2-3-11(15)14-10-5-4-8(13)7-9(10)12/h4-5,7H,2-3,6H2,1H3. The van der Waals surface area contributed by atoms with Crippen LogP contribution in [0.5, 0.6) is 0 Å². The Balaban J connectivity index is 2.30. The van der Waals surface area contributed by atoms with E-state index < -0.39 is 0 Å². The number of rotatable bonds is 1. The number of amidine groups is 1. The highest BCUT2D eigenvalue weighted by molar-refractivity contribution is 9.10. The van der Waals surface area contributed by atoms with Gasteiger partial charge in [-0.2, -0.15) is 0 Å². The molecule has 1 heterocycles. The lowest BCUT2D eigenvalue weighted by Crippen LogP contribution is -2.18. The van der Waals surface area contributed by atoms with Crippen molar-refractivity contribution in [3.8, 4) is 0 Å². The number of hydrogen-bond donors (Lipinski definition) is 0. The number of hydrogen-bond acceptors (Lipinski definition) is 1. The molecule has 1 aromatic carbocycles. The minimum atomic E-state index is -0.245. The normalized spacial score (nSPS) is 18.9. The van der Waals surface area contributed by atoms with Crippen LogP contribution in [0.3, 0.4) is 0 Å². The summed E-state index contributed by atoms with van der Waals surface area (Å²) < 4.78 is 13.6. The fourth-order valence-electron chi connectivity index (χ4n) is 1.65. The predicted molar refractivity (Wildman–Crippen MR) is 63.1 cm³/mol. The third-order valence-electron chi connectivity index (χ3n) is 2.49. The second kappa shape index (κ2) is 4.31. The Bertz CT molecular complexity index is 404. The molecule has 0 N–H and O–H groups in total. The lowest BCUT2D eigenvalue weighted by atomic mass is 10.3. The molecular formula is C11H12BrFN2. The summed E-state index contributed by atoms with van der Waals surface area (Å²) in [6.07, 6.45) is 2.15. The summed E-state index contributed by atoms with van der Waals surface area (Å²) in [5.41, 5.74) is 0.792. The van der Waals surface area contributed by atoms with Crippen molar-refractivity contribution in [3.05, 3.63) is 28.5 Å². The molecule has 0 amide bonds. The smallest absolute Gasteiger partial charge is 0.124 e. The summed E-state index contributed by atoms with van der Waals surface area (Å²) in [6.45, 7) is 1.05. The first-order chi connectivity index (χ1) is 7.16. The van der Waals surface area contributed by atoms with Gasteiger partial charge in [-0.1, -0.05) is 0 Å². The topological polar surface area (TPSA) is 15.6 Å². The molecule has 2 rings (SSSR count). The average Bonchev–Trinajstić information content (AvgIpc) is 2.57. The number of likely N-dealkylation sites (tertiary alicyclic amines) is 1. The van der Waals surface area contributed by atoms with Crippen LogP contribution in [-0.2, 0) is 0 Å². The Morgan fingerprint density at radius 1 is 1.47 bits per heavy atom. The van der Waals surface area contributed by atoms with Crippen molar-refractivity contribution in [1.29, 1.82) is 0 Å². The molecule has 2 nitrogen and oxygen atoms in total. The Morgan fingerprint density at radius 2 is 2.27 bits per heavy atom. The summed E-state index contributed by atoms with van der Waals surface area (Å²) in [5, 5.41) is 0. The summed E-state index contributed by atoms with van der Waals surface area (Å²) in [5.74, 6) is 0.827. The van der Waals surface area contributed by atoms with Crippen LogP contribution >= 0.6 is 15.9 Å². The molecule has 1 aromatic rings. The van der Waals surface area contributed by atoms with Gasteiger partial charge in [0.05, 0.1) is 5.69 Å². The Hall–Kier alpha value is -0.900. The minimum Gasteiger partial charge on any atom is -0.363 e. The first-order valence-corrected chi connectivity index (χ1v) is 5.70. The van der Waals surface area contributed by atoms with E-state index in [1.54, 1.807) is 6.07 Å². The summed E-state index contributed by atoms with van der Waals surface area (Å²) in [6, 6.07) is 4.56. The molecule has 0 atom stereocenters. The molecule has 15 heavy (non-hydrogen) atoms. The molecular weight excluding hydrogens is 259 g/mol. The highest BCUT2D eigenvalue weighted by atomic mass is 79.9. The Labute approximate surface area is 96.9 Å². The van der Waals surface area contributed by atoms with E-state index in [2.05, 4.69) is 25.8 Å². The van der Waals surface area contributed by atoms with Crippen molar-refractivity contribution in [2.45, 2.75) is 12.8 Å². The molecule has 1 aliphatic rings. The number of aliphatic imine (C=N–C) groups is 1. The van der Waals surface area contributed by atoms with Crippen molar-refractivity contribution < 1.29 is 4.39 Å². The zero-order valence-electron chi connectivity index (χ0n) is 8.50. The molecule has 0 unspecified atom stereocenters.